The Bertz CT molecular complexity index is 301. The minimum absolute atomic E-state index is 0.310. The average Bonchev–Trinajstić information content (AvgIpc) is 2.19. The van der Waals surface area contributed by atoms with Crippen molar-refractivity contribution < 1.29 is 4.74 Å². The van der Waals surface area contributed by atoms with Crippen molar-refractivity contribution in [2.24, 2.45) is 0 Å². The third kappa shape index (κ3) is 2.36. The van der Waals surface area contributed by atoms with Crippen molar-refractivity contribution in [3.63, 3.8) is 0 Å². The molecule has 1 aliphatic heterocycles. The maximum Gasteiger partial charge on any atom is 0.128 e. The molecule has 76 valence electrons. The number of hydrogen-bond acceptors (Lipinski definition) is 3. The Kier molecular flexibility index (Phi) is 3.22. The average molecular weight is 304 g/mol. The highest BCUT2D eigenvalue weighted by Crippen LogP contribution is 2.15. The van der Waals surface area contributed by atoms with E-state index in [0.29, 0.717) is 6.10 Å². The maximum atomic E-state index is 5.48. The standard InChI is InChI=1S/C10H13IN2O/c1-8-7-13(4-5-14-8)10-3-2-9(11)6-12-10/h2-3,6,8H,4-5,7H2,1H3/t8-/m1/s1. The van der Waals surface area contributed by atoms with Crippen LogP contribution in [0, 0.1) is 3.57 Å². The fourth-order valence-electron chi connectivity index (χ4n) is 1.58. The van der Waals surface area contributed by atoms with Crippen molar-refractivity contribution in [3.8, 4) is 0 Å². The molecule has 0 aliphatic carbocycles. The minimum Gasteiger partial charge on any atom is -0.375 e. The Morgan fingerprint density at radius 3 is 3.07 bits per heavy atom. The zero-order chi connectivity index (χ0) is 9.97. The highest BCUT2D eigenvalue weighted by molar-refractivity contribution is 14.1. The molecule has 1 fully saturated rings. The van der Waals surface area contributed by atoms with E-state index in [4.69, 9.17) is 4.74 Å². The van der Waals surface area contributed by atoms with Crippen molar-refractivity contribution in [2.75, 3.05) is 24.6 Å². The first kappa shape index (κ1) is 10.2. The number of morpholine rings is 1. The van der Waals surface area contributed by atoms with E-state index < -0.39 is 0 Å². The predicted molar refractivity (Wildman–Crippen MR) is 64.6 cm³/mol. The van der Waals surface area contributed by atoms with Crippen molar-refractivity contribution in [1.29, 1.82) is 0 Å². The lowest BCUT2D eigenvalue weighted by molar-refractivity contribution is 0.0529. The van der Waals surface area contributed by atoms with Gasteiger partial charge in [0.15, 0.2) is 0 Å². The van der Waals surface area contributed by atoms with Gasteiger partial charge < -0.3 is 9.64 Å². The molecule has 0 radical (unpaired) electrons. The Hall–Kier alpha value is -0.360. The molecule has 14 heavy (non-hydrogen) atoms. The largest absolute Gasteiger partial charge is 0.375 e. The summed E-state index contributed by atoms with van der Waals surface area (Å²) in [6.45, 7) is 4.78. The van der Waals surface area contributed by atoms with Crippen molar-refractivity contribution >= 4 is 28.4 Å². The summed E-state index contributed by atoms with van der Waals surface area (Å²) >= 11 is 2.27. The van der Waals surface area contributed by atoms with E-state index in [1.165, 1.54) is 3.57 Å². The second-order valence-electron chi connectivity index (χ2n) is 3.46. The maximum absolute atomic E-state index is 5.48. The normalized spacial score (nSPS) is 22.4. The Morgan fingerprint density at radius 1 is 1.57 bits per heavy atom. The molecular formula is C10H13IN2O. The summed E-state index contributed by atoms with van der Waals surface area (Å²) in [5.74, 6) is 1.06. The van der Waals surface area contributed by atoms with Gasteiger partial charge in [-0.05, 0) is 41.6 Å². The smallest absolute Gasteiger partial charge is 0.128 e. The van der Waals surface area contributed by atoms with Crippen LogP contribution in [0.5, 0.6) is 0 Å². The second kappa shape index (κ2) is 4.44. The fraction of sp³-hybridized carbons (Fsp3) is 0.500. The SMILES string of the molecule is C[C@@H]1CN(c2ccc(I)cn2)CCO1. The van der Waals surface area contributed by atoms with Gasteiger partial charge in [0, 0.05) is 22.9 Å². The summed E-state index contributed by atoms with van der Waals surface area (Å²) in [4.78, 5) is 6.67. The third-order valence-electron chi connectivity index (χ3n) is 2.28. The molecule has 0 spiro atoms. The second-order valence-corrected chi connectivity index (χ2v) is 4.71. The Balaban J connectivity index is 2.10. The molecule has 0 aromatic carbocycles. The van der Waals surface area contributed by atoms with Crippen molar-refractivity contribution in [1.82, 2.24) is 4.98 Å². The van der Waals surface area contributed by atoms with Crippen LogP contribution in [-0.2, 0) is 4.74 Å². The van der Waals surface area contributed by atoms with Gasteiger partial charge in [-0.1, -0.05) is 0 Å². The van der Waals surface area contributed by atoms with Crippen LogP contribution >= 0.6 is 22.6 Å². The van der Waals surface area contributed by atoms with Gasteiger partial charge >= 0.3 is 0 Å². The van der Waals surface area contributed by atoms with Crippen LogP contribution in [0.2, 0.25) is 0 Å². The van der Waals surface area contributed by atoms with E-state index in [2.05, 4.69) is 51.5 Å². The van der Waals surface area contributed by atoms with Crippen LogP contribution in [-0.4, -0.2) is 30.8 Å². The first-order valence-electron chi connectivity index (χ1n) is 4.74. The van der Waals surface area contributed by atoms with Crippen molar-refractivity contribution in [2.45, 2.75) is 13.0 Å². The van der Waals surface area contributed by atoms with Crippen LogP contribution < -0.4 is 4.90 Å². The number of aromatic nitrogens is 1. The molecule has 3 nitrogen and oxygen atoms in total. The van der Waals surface area contributed by atoms with Gasteiger partial charge in [-0.2, -0.15) is 0 Å². The molecule has 0 amide bonds. The van der Waals surface area contributed by atoms with E-state index in [1.54, 1.807) is 0 Å². The number of ether oxygens (including phenoxy) is 1. The lowest BCUT2D eigenvalue weighted by Gasteiger charge is -2.31. The van der Waals surface area contributed by atoms with E-state index in [9.17, 15) is 0 Å². The zero-order valence-electron chi connectivity index (χ0n) is 8.11. The summed E-state index contributed by atoms with van der Waals surface area (Å²) in [5, 5.41) is 0. The van der Waals surface area contributed by atoms with E-state index in [1.807, 2.05) is 6.20 Å². The third-order valence-corrected chi connectivity index (χ3v) is 2.91. The summed E-state index contributed by atoms with van der Waals surface area (Å²) in [6, 6.07) is 4.16. The van der Waals surface area contributed by atoms with Crippen LogP contribution in [0.15, 0.2) is 18.3 Å². The van der Waals surface area contributed by atoms with Crippen LogP contribution in [0.25, 0.3) is 0 Å². The zero-order valence-corrected chi connectivity index (χ0v) is 10.3. The molecule has 2 heterocycles. The molecule has 1 aromatic heterocycles. The number of nitrogens with zero attached hydrogens (tertiary/aromatic N) is 2. The number of rotatable bonds is 1. The number of hydrogen-bond donors (Lipinski definition) is 0. The predicted octanol–water partition coefficient (Wildman–Crippen LogP) is 1.91. The lowest BCUT2D eigenvalue weighted by atomic mass is 10.3. The van der Waals surface area contributed by atoms with Crippen molar-refractivity contribution in [3.05, 3.63) is 21.9 Å². The molecule has 1 atom stereocenters. The molecule has 1 aliphatic rings. The van der Waals surface area contributed by atoms with Gasteiger partial charge in [0.2, 0.25) is 0 Å². The summed E-state index contributed by atoms with van der Waals surface area (Å²) < 4.78 is 6.66. The van der Waals surface area contributed by atoms with Crippen LogP contribution in [0.3, 0.4) is 0 Å². The molecule has 2 rings (SSSR count). The molecule has 4 heteroatoms. The van der Waals surface area contributed by atoms with E-state index in [0.717, 1.165) is 25.5 Å². The summed E-state index contributed by atoms with van der Waals surface area (Å²) in [6.07, 6.45) is 2.21. The number of halogens is 1. The molecule has 0 bridgehead atoms. The molecule has 0 unspecified atom stereocenters. The topological polar surface area (TPSA) is 25.4 Å². The summed E-state index contributed by atoms with van der Waals surface area (Å²) in [5.41, 5.74) is 0. The quantitative estimate of drug-likeness (QED) is 0.741. The fourth-order valence-corrected chi connectivity index (χ4v) is 1.90. The first-order valence-corrected chi connectivity index (χ1v) is 5.81. The Labute approximate surface area is 97.6 Å². The van der Waals surface area contributed by atoms with Gasteiger partial charge in [-0.25, -0.2) is 4.98 Å². The minimum atomic E-state index is 0.310. The van der Waals surface area contributed by atoms with Gasteiger partial charge in [0.25, 0.3) is 0 Å². The molecule has 0 saturated carbocycles. The highest BCUT2D eigenvalue weighted by atomic mass is 127. The molecule has 0 N–H and O–H groups in total. The van der Waals surface area contributed by atoms with Crippen LogP contribution in [0.4, 0.5) is 5.82 Å². The first-order chi connectivity index (χ1) is 6.75. The monoisotopic (exact) mass is 304 g/mol. The van der Waals surface area contributed by atoms with Gasteiger partial charge in [-0.3, -0.25) is 0 Å². The number of pyridine rings is 1. The van der Waals surface area contributed by atoms with Gasteiger partial charge in [0.05, 0.1) is 12.7 Å². The Morgan fingerprint density at radius 2 is 2.43 bits per heavy atom. The highest BCUT2D eigenvalue weighted by Gasteiger charge is 2.17. The van der Waals surface area contributed by atoms with E-state index in [-0.39, 0.29) is 0 Å². The van der Waals surface area contributed by atoms with Gasteiger partial charge in [-0.15, -0.1) is 0 Å². The lowest BCUT2D eigenvalue weighted by Crippen LogP contribution is -2.41. The number of anilines is 1. The molecular weight excluding hydrogens is 291 g/mol. The molecule has 1 saturated heterocycles. The molecule has 1 aromatic rings. The van der Waals surface area contributed by atoms with E-state index >= 15 is 0 Å². The van der Waals surface area contributed by atoms with Crippen LogP contribution in [0.1, 0.15) is 6.92 Å². The van der Waals surface area contributed by atoms with Gasteiger partial charge in [0.1, 0.15) is 5.82 Å². The summed E-state index contributed by atoms with van der Waals surface area (Å²) in [7, 11) is 0.